The first-order valence-corrected chi connectivity index (χ1v) is 11.6. The van der Waals surface area contributed by atoms with E-state index in [9.17, 15) is 18.4 Å². The molecule has 0 N–H and O–H groups in total. The molecule has 2 aromatic heterocycles. The number of Topliss-reactive ketones (excluding diaryl/α,β-unsaturated/α-hetero) is 1. The van der Waals surface area contributed by atoms with Gasteiger partial charge >= 0.3 is 5.92 Å². The van der Waals surface area contributed by atoms with Crippen molar-refractivity contribution in [3.8, 4) is 0 Å². The van der Waals surface area contributed by atoms with Crippen LogP contribution in [0.3, 0.4) is 0 Å². The lowest BCUT2D eigenvalue weighted by Crippen LogP contribution is -2.36. The van der Waals surface area contributed by atoms with Gasteiger partial charge in [0.25, 0.3) is 5.56 Å². The number of hydrogen-bond donors (Lipinski definition) is 0. The summed E-state index contributed by atoms with van der Waals surface area (Å²) in [6.45, 7) is 1.76. The predicted octanol–water partition coefficient (Wildman–Crippen LogP) is 3.86. The molecule has 3 heterocycles. The van der Waals surface area contributed by atoms with Crippen molar-refractivity contribution in [2.75, 3.05) is 25.2 Å². The van der Waals surface area contributed by atoms with Gasteiger partial charge in [-0.05, 0) is 24.3 Å². The zero-order valence-corrected chi connectivity index (χ0v) is 19.6. The minimum absolute atomic E-state index is 0.0326. The maximum Gasteiger partial charge on any atom is 0.327 e. The number of ketones is 1. The number of methoxy groups -OCH3 is 1. The fraction of sp³-hybridized carbons (Fsp3) is 0.478. The summed E-state index contributed by atoms with van der Waals surface area (Å²) in [7, 11) is 2.42. The van der Waals surface area contributed by atoms with Crippen molar-refractivity contribution in [2.45, 2.75) is 44.1 Å². The number of hydrogen-bond acceptors (Lipinski definition) is 7. The number of thiazole rings is 1. The summed E-state index contributed by atoms with van der Waals surface area (Å²) in [6.07, 6.45) is 1.90. The SMILES string of the molecule is COCC(F)(F)c1nc2sc(N3CCC[C@@H]3C(=O)C[C@H](C)c3ccccc3)nc2c(=O)n1C. The molecule has 1 aliphatic rings. The van der Waals surface area contributed by atoms with Crippen LogP contribution in [0, 0.1) is 0 Å². The van der Waals surface area contributed by atoms with Crippen LogP contribution in [0.4, 0.5) is 13.9 Å². The van der Waals surface area contributed by atoms with Crippen LogP contribution in [0.25, 0.3) is 10.3 Å². The first-order valence-electron chi connectivity index (χ1n) is 10.8. The Kier molecular flexibility index (Phi) is 6.58. The molecule has 4 rings (SSSR count). The number of alkyl halides is 2. The summed E-state index contributed by atoms with van der Waals surface area (Å²) in [6, 6.07) is 9.52. The van der Waals surface area contributed by atoms with E-state index >= 15 is 0 Å². The Hall–Kier alpha value is -2.72. The van der Waals surface area contributed by atoms with E-state index in [1.165, 1.54) is 14.2 Å². The van der Waals surface area contributed by atoms with Crippen LogP contribution in [-0.4, -0.2) is 46.6 Å². The number of rotatable bonds is 8. The number of carbonyl (C=O) groups is 1. The van der Waals surface area contributed by atoms with Gasteiger partial charge in [-0.1, -0.05) is 48.6 Å². The molecule has 1 aromatic carbocycles. The molecule has 176 valence electrons. The van der Waals surface area contributed by atoms with Crippen LogP contribution in [0.2, 0.25) is 0 Å². The fourth-order valence-corrected chi connectivity index (χ4v) is 5.31. The first kappa shape index (κ1) is 23.4. The average molecular weight is 477 g/mol. The van der Waals surface area contributed by atoms with Gasteiger partial charge in [0, 0.05) is 27.1 Å². The number of ether oxygens (including phenoxy) is 1. The number of anilines is 1. The molecule has 1 saturated heterocycles. The third kappa shape index (κ3) is 4.54. The van der Waals surface area contributed by atoms with Crippen molar-refractivity contribution >= 4 is 32.6 Å². The molecule has 1 aliphatic heterocycles. The lowest BCUT2D eigenvalue weighted by atomic mass is 9.93. The molecular formula is C23H26F2N4O3S. The maximum absolute atomic E-state index is 14.4. The molecule has 3 aromatic rings. The van der Waals surface area contributed by atoms with Crippen molar-refractivity contribution in [1.29, 1.82) is 0 Å². The fourth-order valence-electron chi connectivity index (χ4n) is 4.31. The van der Waals surface area contributed by atoms with Gasteiger partial charge in [0.1, 0.15) is 6.61 Å². The van der Waals surface area contributed by atoms with Gasteiger partial charge in [-0.25, -0.2) is 9.97 Å². The second kappa shape index (κ2) is 9.26. The number of halogens is 2. The Morgan fingerprint density at radius 2 is 2.03 bits per heavy atom. The van der Waals surface area contributed by atoms with Gasteiger partial charge in [-0.3, -0.25) is 14.2 Å². The van der Waals surface area contributed by atoms with Gasteiger partial charge < -0.3 is 9.64 Å². The molecule has 0 bridgehead atoms. The Morgan fingerprint density at radius 1 is 1.30 bits per heavy atom. The van der Waals surface area contributed by atoms with E-state index in [0.29, 0.717) is 24.5 Å². The van der Waals surface area contributed by atoms with E-state index in [2.05, 4.69) is 14.7 Å². The summed E-state index contributed by atoms with van der Waals surface area (Å²) in [5, 5.41) is 0.463. The highest BCUT2D eigenvalue weighted by Gasteiger charge is 2.38. The molecule has 33 heavy (non-hydrogen) atoms. The van der Waals surface area contributed by atoms with E-state index < -0.39 is 23.9 Å². The van der Waals surface area contributed by atoms with Crippen LogP contribution >= 0.6 is 11.3 Å². The summed E-state index contributed by atoms with van der Waals surface area (Å²) in [5.74, 6) is -3.89. The Morgan fingerprint density at radius 3 is 2.73 bits per heavy atom. The highest BCUT2D eigenvalue weighted by atomic mass is 32.1. The van der Waals surface area contributed by atoms with Crippen LogP contribution in [0.5, 0.6) is 0 Å². The van der Waals surface area contributed by atoms with Gasteiger partial charge in [-0.2, -0.15) is 8.78 Å². The van der Waals surface area contributed by atoms with Gasteiger partial charge in [-0.15, -0.1) is 0 Å². The van der Waals surface area contributed by atoms with E-state index in [0.717, 1.165) is 27.9 Å². The van der Waals surface area contributed by atoms with Crippen molar-refractivity contribution in [2.24, 2.45) is 7.05 Å². The maximum atomic E-state index is 14.4. The van der Waals surface area contributed by atoms with Crippen molar-refractivity contribution < 1.29 is 18.3 Å². The Labute approximate surface area is 194 Å². The number of carbonyl (C=O) groups excluding carboxylic acids is 1. The van der Waals surface area contributed by atoms with Crippen molar-refractivity contribution in [3.05, 3.63) is 52.1 Å². The molecule has 0 aliphatic carbocycles. The number of aromatic nitrogens is 3. The second-order valence-corrected chi connectivity index (χ2v) is 9.38. The highest BCUT2D eigenvalue weighted by molar-refractivity contribution is 7.21. The topological polar surface area (TPSA) is 77.3 Å². The van der Waals surface area contributed by atoms with Gasteiger partial charge in [0.2, 0.25) is 0 Å². The molecule has 0 radical (unpaired) electrons. The van der Waals surface area contributed by atoms with E-state index in [1.54, 1.807) is 0 Å². The molecule has 2 atom stereocenters. The zero-order valence-electron chi connectivity index (χ0n) is 18.8. The summed E-state index contributed by atoms with van der Waals surface area (Å²) in [4.78, 5) is 36.4. The quantitative estimate of drug-likeness (QED) is 0.491. The lowest BCUT2D eigenvalue weighted by molar-refractivity contribution is -0.120. The van der Waals surface area contributed by atoms with Crippen LogP contribution in [-0.2, 0) is 22.5 Å². The summed E-state index contributed by atoms with van der Waals surface area (Å²) < 4.78 is 34.3. The number of nitrogens with zero attached hydrogens (tertiary/aromatic N) is 4. The lowest BCUT2D eigenvalue weighted by Gasteiger charge is -2.24. The first-order chi connectivity index (χ1) is 15.7. The van der Waals surface area contributed by atoms with Gasteiger partial charge in [0.05, 0.1) is 6.04 Å². The average Bonchev–Trinajstić information content (AvgIpc) is 3.44. The Bertz CT molecular complexity index is 1210. The third-order valence-corrected chi connectivity index (χ3v) is 7.02. The largest absolute Gasteiger partial charge is 0.378 e. The molecule has 1 fully saturated rings. The molecule has 10 heteroatoms. The Balaban J connectivity index is 1.62. The monoisotopic (exact) mass is 476 g/mol. The van der Waals surface area contributed by atoms with Crippen molar-refractivity contribution in [1.82, 2.24) is 14.5 Å². The molecule has 0 amide bonds. The minimum Gasteiger partial charge on any atom is -0.378 e. The molecule has 0 spiro atoms. The van der Waals surface area contributed by atoms with E-state index in [1.807, 2.05) is 42.2 Å². The van der Waals surface area contributed by atoms with Gasteiger partial charge in [0.15, 0.2) is 27.1 Å². The predicted molar refractivity (Wildman–Crippen MR) is 123 cm³/mol. The number of benzene rings is 1. The van der Waals surface area contributed by atoms with Crippen LogP contribution in [0.1, 0.15) is 43.5 Å². The normalized spacial score (nSPS) is 17.6. The highest BCUT2D eigenvalue weighted by Crippen LogP contribution is 2.35. The number of fused-ring (bicyclic) bond motifs is 1. The van der Waals surface area contributed by atoms with E-state index in [4.69, 9.17) is 0 Å². The van der Waals surface area contributed by atoms with E-state index in [-0.39, 0.29) is 28.1 Å². The smallest absolute Gasteiger partial charge is 0.327 e. The van der Waals surface area contributed by atoms with Crippen LogP contribution < -0.4 is 10.5 Å². The second-order valence-electron chi connectivity index (χ2n) is 8.42. The molecule has 0 saturated carbocycles. The third-order valence-electron chi connectivity index (χ3n) is 6.03. The minimum atomic E-state index is -3.42. The molecule has 0 unspecified atom stereocenters. The summed E-state index contributed by atoms with van der Waals surface area (Å²) in [5.41, 5.74) is 0.492. The van der Waals surface area contributed by atoms with Crippen molar-refractivity contribution in [3.63, 3.8) is 0 Å². The molecule has 7 nitrogen and oxygen atoms in total. The summed E-state index contributed by atoms with van der Waals surface area (Å²) >= 11 is 1.07. The zero-order chi connectivity index (χ0) is 23.8. The standard InChI is InChI=1S/C23H26F2N4O3S/c1-14(15-8-5-4-6-9-15)12-17(30)16-10-7-11-29(16)22-26-18-19(33-22)27-21(28(2)20(18)31)23(24,25)13-32-3/h4-6,8-9,14,16H,7,10-13H2,1-3H3/t14-,16+/m0/s1. The molecular weight excluding hydrogens is 450 g/mol. The van der Waals surface area contributed by atoms with Crippen LogP contribution in [0.15, 0.2) is 35.1 Å².